The van der Waals surface area contributed by atoms with Crippen LogP contribution >= 0.6 is 0 Å². The lowest BCUT2D eigenvalue weighted by molar-refractivity contribution is 0.0925. The van der Waals surface area contributed by atoms with Gasteiger partial charge in [-0.25, -0.2) is 4.39 Å². The molecule has 29 heavy (non-hydrogen) atoms. The van der Waals surface area contributed by atoms with E-state index in [-0.39, 0.29) is 17.0 Å². The van der Waals surface area contributed by atoms with Crippen LogP contribution in [0.2, 0.25) is 0 Å². The Morgan fingerprint density at radius 2 is 1.69 bits per heavy atom. The number of para-hydroxylation sites is 1. The molecule has 0 spiro atoms. The summed E-state index contributed by atoms with van der Waals surface area (Å²) in [6.45, 7) is 8.50. The van der Waals surface area contributed by atoms with Gasteiger partial charge in [-0.05, 0) is 30.3 Å². The third-order valence-electron chi connectivity index (χ3n) is 5.44. The number of ketones is 1. The van der Waals surface area contributed by atoms with Gasteiger partial charge in [0, 0.05) is 37.2 Å². The Bertz CT molecular complexity index is 891. The van der Waals surface area contributed by atoms with Crippen LogP contribution in [0.3, 0.4) is 0 Å². The first-order valence-corrected chi connectivity index (χ1v) is 10.1. The minimum Gasteiger partial charge on any atom is -0.489 e. The van der Waals surface area contributed by atoms with Crippen molar-refractivity contribution >= 4 is 11.5 Å². The number of hydrogen-bond donors (Lipinski definition) is 0. The van der Waals surface area contributed by atoms with E-state index >= 15 is 0 Å². The molecule has 154 valence electrons. The maximum Gasteiger partial charge on any atom is 0.176 e. The normalized spacial score (nSPS) is 18.9. The van der Waals surface area contributed by atoms with Crippen molar-refractivity contribution in [3.8, 4) is 11.5 Å². The van der Waals surface area contributed by atoms with E-state index in [1.165, 1.54) is 6.07 Å². The van der Waals surface area contributed by atoms with Crippen LogP contribution in [-0.4, -0.2) is 56.6 Å². The van der Waals surface area contributed by atoms with Crippen molar-refractivity contribution in [2.75, 3.05) is 50.8 Å². The summed E-state index contributed by atoms with van der Waals surface area (Å²) in [4.78, 5) is 17.0. The Hall–Kier alpha value is -2.60. The van der Waals surface area contributed by atoms with Crippen LogP contribution in [-0.2, 0) is 0 Å². The average molecular weight is 398 g/mol. The van der Waals surface area contributed by atoms with Crippen LogP contribution in [0.25, 0.3) is 0 Å². The van der Waals surface area contributed by atoms with Crippen molar-refractivity contribution in [1.29, 1.82) is 0 Å². The molecule has 6 heteroatoms. The molecule has 1 fully saturated rings. The summed E-state index contributed by atoms with van der Waals surface area (Å²) in [5.41, 5.74) is 1.19. The highest BCUT2D eigenvalue weighted by Crippen LogP contribution is 2.34. The number of rotatable bonds is 4. The summed E-state index contributed by atoms with van der Waals surface area (Å²) >= 11 is 0. The molecule has 0 unspecified atom stereocenters. The molecule has 2 aliphatic rings. The van der Waals surface area contributed by atoms with E-state index in [1.54, 1.807) is 24.3 Å². The average Bonchev–Trinajstić information content (AvgIpc) is 2.87. The number of anilines is 1. The number of carbonyl (C=O) groups excluding carboxylic acids is 1. The van der Waals surface area contributed by atoms with Crippen molar-refractivity contribution in [3.63, 3.8) is 0 Å². The van der Waals surface area contributed by atoms with Crippen LogP contribution in [0.5, 0.6) is 11.5 Å². The van der Waals surface area contributed by atoms with Gasteiger partial charge in [0.25, 0.3) is 0 Å². The molecule has 0 radical (unpaired) electrons. The first-order valence-electron chi connectivity index (χ1n) is 10.1. The van der Waals surface area contributed by atoms with Gasteiger partial charge in [0.05, 0.1) is 25.4 Å². The monoisotopic (exact) mass is 398 g/mol. The van der Waals surface area contributed by atoms with Gasteiger partial charge < -0.3 is 14.4 Å². The number of ether oxygens (including phenoxy) is 2. The molecule has 0 saturated carbocycles. The molecule has 0 N–H and O–H groups in total. The van der Waals surface area contributed by atoms with E-state index in [9.17, 15) is 9.18 Å². The number of benzene rings is 2. The van der Waals surface area contributed by atoms with E-state index in [4.69, 9.17) is 9.47 Å². The fourth-order valence-electron chi connectivity index (χ4n) is 3.65. The molecular weight excluding hydrogens is 371 g/mol. The van der Waals surface area contributed by atoms with E-state index in [0.29, 0.717) is 55.6 Å². The summed E-state index contributed by atoms with van der Waals surface area (Å²) in [6, 6.07) is 12.2. The molecule has 4 rings (SSSR count). The zero-order chi connectivity index (χ0) is 20.4. The highest BCUT2D eigenvalue weighted by Gasteiger charge is 2.26. The van der Waals surface area contributed by atoms with Crippen molar-refractivity contribution in [3.05, 3.63) is 53.8 Å². The number of carbonyl (C=O) groups is 1. The summed E-state index contributed by atoms with van der Waals surface area (Å²) in [7, 11) is 0. The molecule has 2 aromatic carbocycles. The summed E-state index contributed by atoms with van der Waals surface area (Å²) in [5, 5.41) is 0. The minimum absolute atomic E-state index is 0.0549. The molecule has 2 aliphatic heterocycles. The Balaban J connectivity index is 1.36. The number of piperazine rings is 1. The predicted octanol–water partition coefficient (Wildman–Crippen LogP) is 3.63. The van der Waals surface area contributed by atoms with E-state index in [0.717, 1.165) is 13.1 Å². The zero-order valence-electron chi connectivity index (χ0n) is 17.0. The van der Waals surface area contributed by atoms with Crippen LogP contribution in [0.4, 0.5) is 10.1 Å². The molecule has 0 aliphatic carbocycles. The lowest BCUT2D eigenvalue weighted by atomic mass is 9.97. The van der Waals surface area contributed by atoms with Gasteiger partial charge in [-0.15, -0.1) is 0 Å². The van der Waals surface area contributed by atoms with Gasteiger partial charge >= 0.3 is 0 Å². The van der Waals surface area contributed by atoms with Crippen molar-refractivity contribution in [2.45, 2.75) is 13.8 Å². The summed E-state index contributed by atoms with van der Waals surface area (Å²) in [5.74, 6) is 1.17. The van der Waals surface area contributed by atoms with E-state index in [1.807, 2.05) is 17.0 Å². The van der Waals surface area contributed by atoms with Crippen molar-refractivity contribution in [2.24, 2.45) is 5.41 Å². The predicted molar refractivity (Wildman–Crippen MR) is 111 cm³/mol. The fraction of sp³-hybridized carbons (Fsp3) is 0.435. The molecule has 0 amide bonds. The topological polar surface area (TPSA) is 42.0 Å². The molecule has 5 nitrogen and oxygen atoms in total. The lowest BCUT2D eigenvalue weighted by Crippen LogP contribution is -2.48. The molecule has 2 aromatic rings. The number of Topliss-reactive ketones (excluding diaryl/α,β-unsaturated/α-hetero) is 1. The maximum atomic E-state index is 14.0. The van der Waals surface area contributed by atoms with Gasteiger partial charge in [0.15, 0.2) is 17.3 Å². The molecule has 0 atom stereocenters. The molecule has 0 aromatic heterocycles. The Morgan fingerprint density at radius 1 is 1.00 bits per heavy atom. The van der Waals surface area contributed by atoms with Crippen LogP contribution in [0, 0.1) is 11.2 Å². The highest BCUT2D eigenvalue weighted by molar-refractivity contribution is 5.98. The molecular formula is C23H27FN2O3. The van der Waals surface area contributed by atoms with Crippen LogP contribution < -0.4 is 14.4 Å². The van der Waals surface area contributed by atoms with Gasteiger partial charge in [-0.1, -0.05) is 26.0 Å². The smallest absolute Gasteiger partial charge is 0.176 e. The van der Waals surface area contributed by atoms with Crippen molar-refractivity contribution in [1.82, 2.24) is 4.90 Å². The third-order valence-corrected chi connectivity index (χ3v) is 5.44. The standard InChI is InChI=1S/C23H27FN2O3/c1-23(2)15-28-21-8-7-17(13-22(21)29-16-23)20(27)14-25-9-11-26(12-10-25)19-6-4-3-5-18(19)24/h3-8,13H,9-12,14-16H2,1-2H3. The minimum atomic E-state index is -0.201. The second-order valence-electron chi connectivity index (χ2n) is 8.54. The lowest BCUT2D eigenvalue weighted by Gasteiger charge is -2.35. The quantitative estimate of drug-likeness (QED) is 0.736. The maximum absolute atomic E-state index is 14.0. The highest BCUT2D eigenvalue weighted by atomic mass is 19.1. The second-order valence-corrected chi connectivity index (χ2v) is 8.54. The van der Waals surface area contributed by atoms with Gasteiger partial charge in [-0.3, -0.25) is 9.69 Å². The van der Waals surface area contributed by atoms with E-state index < -0.39 is 0 Å². The third kappa shape index (κ3) is 4.53. The number of hydrogen-bond acceptors (Lipinski definition) is 5. The molecule has 2 heterocycles. The SMILES string of the molecule is CC1(C)COc2ccc(C(=O)CN3CCN(c4ccccc4F)CC3)cc2OC1. The van der Waals surface area contributed by atoms with Crippen LogP contribution in [0.15, 0.2) is 42.5 Å². The van der Waals surface area contributed by atoms with Gasteiger partial charge in [-0.2, -0.15) is 0 Å². The Kier molecular flexibility index (Phi) is 5.46. The van der Waals surface area contributed by atoms with E-state index in [2.05, 4.69) is 18.7 Å². The molecule has 0 bridgehead atoms. The second kappa shape index (κ2) is 8.03. The van der Waals surface area contributed by atoms with Gasteiger partial charge in [0.2, 0.25) is 0 Å². The Labute approximate surface area is 171 Å². The Morgan fingerprint density at radius 3 is 2.41 bits per heavy atom. The first kappa shape index (κ1) is 19.7. The summed E-state index contributed by atoms with van der Waals surface area (Å²) in [6.07, 6.45) is 0. The first-order chi connectivity index (χ1) is 13.9. The zero-order valence-corrected chi connectivity index (χ0v) is 17.0. The fourth-order valence-corrected chi connectivity index (χ4v) is 3.65. The number of fused-ring (bicyclic) bond motifs is 1. The van der Waals surface area contributed by atoms with Crippen LogP contribution in [0.1, 0.15) is 24.2 Å². The number of nitrogens with zero attached hydrogens (tertiary/aromatic N) is 2. The van der Waals surface area contributed by atoms with Gasteiger partial charge in [0.1, 0.15) is 5.82 Å². The summed E-state index contributed by atoms with van der Waals surface area (Å²) < 4.78 is 25.7. The number of halogens is 1. The van der Waals surface area contributed by atoms with Crippen molar-refractivity contribution < 1.29 is 18.7 Å². The molecule has 1 saturated heterocycles. The largest absolute Gasteiger partial charge is 0.489 e.